The molecule has 1 aromatic carbocycles. The summed E-state index contributed by atoms with van der Waals surface area (Å²) in [6, 6.07) is 6.16. The van der Waals surface area contributed by atoms with Crippen LogP contribution in [0.3, 0.4) is 0 Å². The lowest BCUT2D eigenvalue weighted by Gasteiger charge is -2.06. The minimum Gasteiger partial charge on any atom is -0.358 e. The van der Waals surface area contributed by atoms with Gasteiger partial charge in [-0.1, -0.05) is 12.1 Å². The van der Waals surface area contributed by atoms with Crippen molar-refractivity contribution in [1.82, 2.24) is 10.7 Å². The molecule has 3 nitrogen and oxygen atoms in total. The average Bonchev–Trinajstić information content (AvgIpc) is 2.16. The van der Waals surface area contributed by atoms with Crippen LogP contribution in [0, 0.1) is 5.82 Å². The first-order valence-corrected chi connectivity index (χ1v) is 4.12. The van der Waals surface area contributed by atoms with Crippen LogP contribution in [0.1, 0.15) is 5.56 Å². The van der Waals surface area contributed by atoms with Crippen molar-refractivity contribution in [3.05, 3.63) is 35.6 Å². The molecule has 0 aliphatic heterocycles. The molecule has 0 aliphatic carbocycles. The molecule has 0 saturated heterocycles. The second-order valence-electron chi connectivity index (χ2n) is 2.45. The Morgan fingerprint density at radius 2 is 2.00 bits per heavy atom. The zero-order chi connectivity index (χ0) is 9.68. The van der Waals surface area contributed by atoms with Crippen molar-refractivity contribution >= 4 is 17.3 Å². The molecule has 0 spiro atoms. The third-order valence-corrected chi connectivity index (χ3v) is 1.76. The van der Waals surface area contributed by atoms with E-state index in [9.17, 15) is 4.39 Å². The first kappa shape index (κ1) is 9.88. The molecule has 0 unspecified atom stereocenters. The fraction of sp³-hybridized carbons (Fsp3) is 0.125. The van der Waals surface area contributed by atoms with Gasteiger partial charge in [-0.15, -0.1) is 0 Å². The molecule has 0 heterocycles. The number of rotatable bonds is 2. The SMILES string of the molecule is NNC(=S)NCc1ccc(F)cc1. The minimum absolute atomic E-state index is 0.247. The topological polar surface area (TPSA) is 50.1 Å². The van der Waals surface area contributed by atoms with Gasteiger partial charge in [0.1, 0.15) is 5.82 Å². The van der Waals surface area contributed by atoms with E-state index in [1.807, 2.05) is 0 Å². The summed E-state index contributed by atoms with van der Waals surface area (Å²) >= 11 is 4.76. The zero-order valence-electron chi connectivity index (χ0n) is 6.88. The second kappa shape index (κ2) is 4.74. The molecule has 0 fully saturated rings. The molecular weight excluding hydrogens is 189 g/mol. The van der Waals surface area contributed by atoms with Gasteiger partial charge in [0.25, 0.3) is 0 Å². The highest BCUT2D eigenvalue weighted by Gasteiger charge is 1.94. The summed E-state index contributed by atoms with van der Waals surface area (Å²) in [7, 11) is 0. The van der Waals surface area contributed by atoms with E-state index in [0.717, 1.165) is 5.56 Å². The number of hydrazine groups is 1. The van der Waals surface area contributed by atoms with Gasteiger partial charge in [-0.25, -0.2) is 10.2 Å². The number of nitrogens with one attached hydrogen (secondary N) is 2. The van der Waals surface area contributed by atoms with E-state index in [0.29, 0.717) is 11.7 Å². The molecule has 5 heteroatoms. The van der Waals surface area contributed by atoms with Crippen LogP contribution in [0.4, 0.5) is 4.39 Å². The third-order valence-electron chi connectivity index (χ3n) is 1.50. The molecule has 0 saturated carbocycles. The molecule has 1 rings (SSSR count). The van der Waals surface area contributed by atoms with Gasteiger partial charge in [0.2, 0.25) is 0 Å². The third kappa shape index (κ3) is 3.35. The van der Waals surface area contributed by atoms with Gasteiger partial charge in [-0.2, -0.15) is 0 Å². The van der Waals surface area contributed by atoms with E-state index in [1.54, 1.807) is 12.1 Å². The second-order valence-corrected chi connectivity index (χ2v) is 2.86. The zero-order valence-corrected chi connectivity index (χ0v) is 7.70. The van der Waals surface area contributed by atoms with Crippen LogP contribution in [0.15, 0.2) is 24.3 Å². The van der Waals surface area contributed by atoms with Gasteiger partial charge in [-0.3, -0.25) is 0 Å². The molecule has 13 heavy (non-hydrogen) atoms. The molecule has 0 atom stereocenters. The number of hydrogen-bond donors (Lipinski definition) is 3. The lowest BCUT2D eigenvalue weighted by molar-refractivity contribution is 0.626. The van der Waals surface area contributed by atoms with E-state index in [4.69, 9.17) is 18.1 Å². The summed E-state index contributed by atoms with van der Waals surface area (Å²) in [5.74, 6) is 4.80. The summed E-state index contributed by atoms with van der Waals surface area (Å²) in [5, 5.41) is 3.21. The number of thiocarbonyl (C=S) groups is 1. The monoisotopic (exact) mass is 199 g/mol. The Morgan fingerprint density at radius 1 is 1.38 bits per heavy atom. The minimum atomic E-state index is -0.247. The lowest BCUT2D eigenvalue weighted by Crippen LogP contribution is -2.39. The molecule has 1 aromatic rings. The summed E-state index contributed by atoms with van der Waals surface area (Å²) in [6.45, 7) is 0.531. The Bertz CT molecular complexity index is 286. The smallest absolute Gasteiger partial charge is 0.180 e. The van der Waals surface area contributed by atoms with Crippen molar-refractivity contribution in [2.45, 2.75) is 6.54 Å². The van der Waals surface area contributed by atoms with Crippen LogP contribution in [0.5, 0.6) is 0 Å². The Kier molecular flexibility index (Phi) is 3.60. The summed E-state index contributed by atoms with van der Waals surface area (Å²) < 4.78 is 12.5. The van der Waals surface area contributed by atoms with Gasteiger partial charge < -0.3 is 10.7 Å². The van der Waals surface area contributed by atoms with Crippen molar-refractivity contribution in [3.63, 3.8) is 0 Å². The van der Waals surface area contributed by atoms with Crippen molar-refractivity contribution < 1.29 is 4.39 Å². The maximum absolute atomic E-state index is 12.5. The average molecular weight is 199 g/mol. The maximum atomic E-state index is 12.5. The molecule has 0 aromatic heterocycles. The first-order chi connectivity index (χ1) is 6.22. The van der Waals surface area contributed by atoms with E-state index in [2.05, 4.69) is 10.7 Å². The molecule has 4 N–H and O–H groups in total. The van der Waals surface area contributed by atoms with Crippen LogP contribution in [-0.4, -0.2) is 5.11 Å². The normalized spacial score (nSPS) is 9.38. The Hall–Kier alpha value is -1.20. The number of halogens is 1. The maximum Gasteiger partial charge on any atom is 0.180 e. The van der Waals surface area contributed by atoms with E-state index >= 15 is 0 Å². The summed E-state index contributed by atoms with van der Waals surface area (Å²) in [4.78, 5) is 0. The van der Waals surface area contributed by atoms with Gasteiger partial charge in [0, 0.05) is 6.54 Å². The van der Waals surface area contributed by atoms with Crippen LogP contribution in [-0.2, 0) is 6.54 Å². The van der Waals surface area contributed by atoms with Gasteiger partial charge in [-0.05, 0) is 29.9 Å². The molecule has 0 radical (unpaired) electrons. The lowest BCUT2D eigenvalue weighted by atomic mass is 10.2. The Balaban J connectivity index is 2.46. The fourth-order valence-corrected chi connectivity index (χ4v) is 0.908. The highest BCUT2D eigenvalue weighted by atomic mass is 32.1. The van der Waals surface area contributed by atoms with Crippen molar-refractivity contribution in [2.24, 2.45) is 5.84 Å². The Morgan fingerprint density at radius 3 is 2.54 bits per heavy atom. The Labute approximate surface area is 81.1 Å². The van der Waals surface area contributed by atoms with E-state index in [-0.39, 0.29) is 5.82 Å². The largest absolute Gasteiger partial charge is 0.358 e. The van der Waals surface area contributed by atoms with Crippen molar-refractivity contribution in [1.29, 1.82) is 0 Å². The van der Waals surface area contributed by atoms with Crippen molar-refractivity contribution in [2.75, 3.05) is 0 Å². The number of nitrogens with two attached hydrogens (primary N) is 1. The van der Waals surface area contributed by atoms with Gasteiger partial charge in [0.15, 0.2) is 5.11 Å². The molecule has 0 aliphatic rings. The van der Waals surface area contributed by atoms with Gasteiger partial charge >= 0.3 is 0 Å². The summed E-state index contributed by atoms with van der Waals surface area (Å²) in [6.07, 6.45) is 0. The highest BCUT2D eigenvalue weighted by molar-refractivity contribution is 7.80. The summed E-state index contributed by atoms with van der Waals surface area (Å²) in [5.41, 5.74) is 3.24. The first-order valence-electron chi connectivity index (χ1n) is 3.71. The number of benzene rings is 1. The highest BCUT2D eigenvalue weighted by Crippen LogP contribution is 2.01. The molecule has 0 amide bonds. The molecular formula is C8H10FN3S. The van der Waals surface area contributed by atoms with Gasteiger partial charge in [0.05, 0.1) is 0 Å². The van der Waals surface area contributed by atoms with E-state index < -0.39 is 0 Å². The molecule has 0 bridgehead atoms. The number of hydrogen-bond acceptors (Lipinski definition) is 2. The van der Waals surface area contributed by atoms with Crippen molar-refractivity contribution in [3.8, 4) is 0 Å². The quantitative estimate of drug-likeness (QED) is 0.372. The predicted molar refractivity (Wildman–Crippen MR) is 53.2 cm³/mol. The molecule has 70 valence electrons. The van der Waals surface area contributed by atoms with E-state index in [1.165, 1.54) is 12.1 Å². The van der Waals surface area contributed by atoms with Crippen LogP contribution >= 0.6 is 12.2 Å². The standard InChI is InChI=1S/C8H10FN3S/c9-7-3-1-6(2-4-7)5-11-8(13)12-10/h1-4H,5,10H2,(H2,11,12,13). The van der Waals surface area contributed by atoms with Crippen LogP contribution in [0.25, 0.3) is 0 Å². The predicted octanol–water partition coefficient (Wildman–Crippen LogP) is 0.663. The van der Waals surface area contributed by atoms with Crippen LogP contribution < -0.4 is 16.6 Å². The van der Waals surface area contributed by atoms with Crippen LogP contribution in [0.2, 0.25) is 0 Å². The fourth-order valence-electron chi connectivity index (χ4n) is 0.836.